The summed E-state index contributed by atoms with van der Waals surface area (Å²) < 4.78 is 0. The van der Waals surface area contributed by atoms with E-state index in [0.29, 0.717) is 24.0 Å². The minimum absolute atomic E-state index is 0.0340. The van der Waals surface area contributed by atoms with Crippen LogP contribution in [-0.4, -0.2) is 27.7 Å². The third-order valence-corrected chi connectivity index (χ3v) is 4.50. The molecule has 0 aromatic heterocycles. The zero-order chi connectivity index (χ0) is 16.1. The van der Waals surface area contributed by atoms with Gasteiger partial charge in [0, 0.05) is 18.2 Å². The molecule has 1 atom stereocenters. The fraction of sp³-hybridized carbons (Fsp3) is 0.176. The number of imide groups is 1. The predicted octanol–water partition coefficient (Wildman–Crippen LogP) is 2.36. The number of nitro groups is 1. The summed E-state index contributed by atoms with van der Waals surface area (Å²) in [5.74, 6) is -0.559. The van der Waals surface area contributed by atoms with Crippen LogP contribution in [0.5, 0.6) is 0 Å². The lowest BCUT2D eigenvalue weighted by molar-refractivity contribution is -0.384. The lowest BCUT2D eigenvalue weighted by Crippen LogP contribution is -2.40. The van der Waals surface area contributed by atoms with E-state index in [9.17, 15) is 19.7 Å². The Morgan fingerprint density at radius 3 is 2.17 bits per heavy atom. The highest BCUT2D eigenvalue weighted by molar-refractivity contribution is 6.21. The Morgan fingerprint density at radius 2 is 1.57 bits per heavy atom. The second kappa shape index (κ2) is 4.74. The Labute approximate surface area is 131 Å². The van der Waals surface area contributed by atoms with Gasteiger partial charge in [-0.25, -0.2) is 0 Å². The van der Waals surface area contributed by atoms with E-state index < -0.39 is 4.92 Å². The zero-order valence-electron chi connectivity index (χ0n) is 12.1. The van der Waals surface area contributed by atoms with E-state index in [-0.39, 0.29) is 23.5 Å². The van der Waals surface area contributed by atoms with Crippen molar-refractivity contribution in [1.29, 1.82) is 0 Å². The first-order chi connectivity index (χ1) is 11.1. The Kier molecular flexibility index (Phi) is 2.81. The van der Waals surface area contributed by atoms with Crippen LogP contribution in [0.2, 0.25) is 0 Å². The molecule has 1 heterocycles. The number of amides is 2. The maximum absolute atomic E-state index is 12.5. The smallest absolute Gasteiger partial charge is 0.269 e. The second-order valence-corrected chi connectivity index (χ2v) is 5.80. The molecule has 114 valence electrons. The van der Waals surface area contributed by atoms with Crippen LogP contribution in [-0.2, 0) is 12.8 Å². The molecule has 2 aromatic rings. The normalized spacial score (nSPS) is 19.0. The number of rotatable bonds is 2. The molecule has 4 rings (SSSR count). The van der Waals surface area contributed by atoms with Crippen molar-refractivity contribution >= 4 is 17.5 Å². The van der Waals surface area contributed by atoms with Gasteiger partial charge >= 0.3 is 0 Å². The number of hydrogen-bond acceptors (Lipinski definition) is 4. The molecule has 6 nitrogen and oxygen atoms in total. The molecule has 23 heavy (non-hydrogen) atoms. The minimum atomic E-state index is -0.435. The Bertz CT molecular complexity index is 840. The van der Waals surface area contributed by atoms with Crippen molar-refractivity contribution in [2.45, 2.75) is 18.9 Å². The fourth-order valence-electron chi connectivity index (χ4n) is 3.42. The number of carbonyl (C=O) groups excluding carboxylic acids is 2. The molecule has 0 N–H and O–H groups in total. The first kappa shape index (κ1) is 13.6. The van der Waals surface area contributed by atoms with E-state index in [1.54, 1.807) is 30.3 Å². The van der Waals surface area contributed by atoms with Gasteiger partial charge in [-0.2, -0.15) is 0 Å². The van der Waals surface area contributed by atoms with E-state index in [2.05, 4.69) is 0 Å². The quantitative estimate of drug-likeness (QED) is 0.484. The van der Waals surface area contributed by atoms with Gasteiger partial charge in [-0.3, -0.25) is 24.6 Å². The van der Waals surface area contributed by atoms with Crippen LogP contribution < -0.4 is 0 Å². The summed E-state index contributed by atoms with van der Waals surface area (Å²) in [5.41, 5.74) is 2.68. The lowest BCUT2D eigenvalue weighted by Gasteiger charge is -2.21. The van der Waals surface area contributed by atoms with Gasteiger partial charge in [0.1, 0.15) is 0 Å². The molecule has 0 spiro atoms. The van der Waals surface area contributed by atoms with Crippen LogP contribution in [0.15, 0.2) is 42.5 Å². The highest BCUT2D eigenvalue weighted by Crippen LogP contribution is 2.33. The maximum Gasteiger partial charge on any atom is 0.269 e. The lowest BCUT2D eigenvalue weighted by atomic mass is 10.1. The molecule has 2 amide bonds. The molecule has 0 radical (unpaired) electrons. The summed E-state index contributed by atoms with van der Waals surface area (Å²) in [5, 5.41) is 10.9. The van der Waals surface area contributed by atoms with Crippen molar-refractivity contribution in [1.82, 2.24) is 4.90 Å². The number of hydrogen-bond donors (Lipinski definition) is 0. The van der Waals surface area contributed by atoms with Gasteiger partial charge < -0.3 is 0 Å². The van der Waals surface area contributed by atoms with Crippen LogP contribution in [0.1, 0.15) is 31.8 Å². The number of carbonyl (C=O) groups is 2. The van der Waals surface area contributed by atoms with Crippen LogP contribution in [0.4, 0.5) is 5.69 Å². The van der Waals surface area contributed by atoms with Crippen LogP contribution in [0.25, 0.3) is 0 Å². The van der Waals surface area contributed by atoms with E-state index in [1.165, 1.54) is 17.0 Å². The standard InChI is InChI=1S/C17H12N2O4/c20-16-14-3-1-2-4-15(14)17(21)18(16)13-7-10-5-6-12(19(22)23)8-11(10)9-13/h1-6,8,13H,7,9H2. The predicted molar refractivity (Wildman–Crippen MR) is 81.2 cm³/mol. The molecular weight excluding hydrogens is 296 g/mol. The second-order valence-electron chi connectivity index (χ2n) is 5.80. The summed E-state index contributed by atoms with van der Waals surface area (Å²) in [6.07, 6.45) is 1.00. The Hall–Kier alpha value is -3.02. The minimum Gasteiger partial charge on any atom is -0.271 e. The monoisotopic (exact) mass is 308 g/mol. The molecule has 6 heteroatoms. The number of fused-ring (bicyclic) bond motifs is 2. The van der Waals surface area contributed by atoms with Crippen molar-refractivity contribution in [2.75, 3.05) is 0 Å². The van der Waals surface area contributed by atoms with Gasteiger partial charge in [0.15, 0.2) is 0 Å². The van der Waals surface area contributed by atoms with Gasteiger partial charge in [0.2, 0.25) is 0 Å². The third-order valence-electron chi connectivity index (χ3n) is 4.50. The summed E-state index contributed by atoms with van der Waals surface area (Å²) in [4.78, 5) is 36.8. The van der Waals surface area contributed by atoms with Crippen molar-refractivity contribution in [3.8, 4) is 0 Å². The molecule has 1 unspecified atom stereocenters. The molecular formula is C17H12N2O4. The van der Waals surface area contributed by atoms with Crippen LogP contribution in [0, 0.1) is 10.1 Å². The summed E-state index contributed by atoms with van der Waals surface area (Å²) in [6, 6.07) is 11.2. The Balaban J connectivity index is 1.66. The van der Waals surface area contributed by atoms with Crippen molar-refractivity contribution in [3.05, 3.63) is 74.8 Å². The fourth-order valence-corrected chi connectivity index (χ4v) is 3.42. The van der Waals surface area contributed by atoms with Crippen LogP contribution >= 0.6 is 0 Å². The topological polar surface area (TPSA) is 80.5 Å². The molecule has 2 aromatic carbocycles. The van der Waals surface area contributed by atoms with Gasteiger partial charge in [-0.15, -0.1) is 0 Å². The summed E-state index contributed by atoms with van der Waals surface area (Å²) >= 11 is 0. The molecule has 0 saturated heterocycles. The van der Waals surface area contributed by atoms with Gasteiger partial charge in [-0.05, 0) is 36.1 Å². The number of benzene rings is 2. The molecule has 0 fully saturated rings. The largest absolute Gasteiger partial charge is 0.271 e. The molecule has 0 bridgehead atoms. The van der Waals surface area contributed by atoms with Crippen molar-refractivity contribution in [2.24, 2.45) is 0 Å². The van der Waals surface area contributed by atoms with Gasteiger partial charge in [0.05, 0.1) is 16.1 Å². The number of non-ortho nitro benzene ring substituents is 1. The zero-order valence-corrected chi connectivity index (χ0v) is 12.1. The maximum atomic E-state index is 12.5. The highest BCUT2D eigenvalue weighted by Gasteiger charge is 2.41. The van der Waals surface area contributed by atoms with E-state index >= 15 is 0 Å². The molecule has 0 saturated carbocycles. The molecule has 1 aliphatic carbocycles. The van der Waals surface area contributed by atoms with Crippen molar-refractivity contribution < 1.29 is 14.5 Å². The first-order valence-electron chi connectivity index (χ1n) is 7.29. The Morgan fingerprint density at radius 1 is 0.957 bits per heavy atom. The van der Waals surface area contributed by atoms with Crippen LogP contribution in [0.3, 0.4) is 0 Å². The molecule has 2 aliphatic rings. The van der Waals surface area contributed by atoms with Crippen molar-refractivity contribution in [3.63, 3.8) is 0 Å². The molecule has 1 aliphatic heterocycles. The number of nitro benzene ring substituents is 1. The van der Waals surface area contributed by atoms with E-state index in [4.69, 9.17) is 0 Å². The van der Waals surface area contributed by atoms with Gasteiger partial charge in [-0.1, -0.05) is 18.2 Å². The summed E-state index contributed by atoms with van der Waals surface area (Å²) in [7, 11) is 0. The van der Waals surface area contributed by atoms with E-state index in [1.807, 2.05) is 0 Å². The SMILES string of the molecule is O=C1c2ccccc2C(=O)N1C1Cc2ccc([N+](=O)[O-])cc2C1. The number of nitrogens with zero attached hydrogens (tertiary/aromatic N) is 2. The summed E-state index contributed by atoms with van der Waals surface area (Å²) in [6.45, 7) is 0. The van der Waals surface area contributed by atoms with E-state index in [0.717, 1.165) is 11.1 Å². The average molecular weight is 308 g/mol. The highest BCUT2D eigenvalue weighted by atomic mass is 16.6. The van der Waals surface area contributed by atoms with Gasteiger partial charge in [0.25, 0.3) is 17.5 Å². The first-order valence-corrected chi connectivity index (χ1v) is 7.29. The third kappa shape index (κ3) is 1.95. The average Bonchev–Trinajstić information content (AvgIpc) is 3.06.